The summed E-state index contributed by atoms with van der Waals surface area (Å²) >= 11 is 11.8. The molecule has 0 amide bonds. The lowest BCUT2D eigenvalue weighted by atomic mass is 9.81. The van der Waals surface area contributed by atoms with Crippen LogP contribution in [0.3, 0.4) is 0 Å². The molecule has 7 nitrogen and oxygen atoms in total. The molecule has 3 aliphatic rings. The predicted molar refractivity (Wildman–Crippen MR) is 201 cm³/mol. The molecule has 0 saturated carbocycles. The lowest BCUT2D eigenvalue weighted by Crippen LogP contribution is -2.45. The van der Waals surface area contributed by atoms with Gasteiger partial charge in [0.2, 0.25) is 5.69 Å². The first kappa shape index (κ1) is 35.8. The minimum Gasteiger partial charge on any atom is -0.550 e. The first-order chi connectivity index (χ1) is 21.9. The standard InChI is InChI=1S/C37H40ClI2N3O4/c1-36(2)27-19-25(39)9-11-29(27)41(17-15-33(44)45)31(36)13-7-23-21-43(5,6)22-24(35(23)38)8-14-32-37(3,4)28-20-26(40)10-12-30(28)42(32)18-16-34(46)47/h7-14,19-20H,15-18,21-22H2,1-6H3. The van der Waals surface area contributed by atoms with E-state index in [9.17, 15) is 19.8 Å². The van der Waals surface area contributed by atoms with Gasteiger partial charge in [-0.3, -0.25) is 0 Å². The highest BCUT2D eigenvalue weighted by Crippen LogP contribution is 2.48. The van der Waals surface area contributed by atoms with Crippen LogP contribution in [-0.4, -0.2) is 67.0 Å². The van der Waals surface area contributed by atoms with Crippen molar-refractivity contribution in [1.29, 1.82) is 0 Å². The van der Waals surface area contributed by atoms with Crippen molar-refractivity contribution in [2.24, 2.45) is 0 Å². The quantitative estimate of drug-likeness (QED) is 0.194. The highest BCUT2D eigenvalue weighted by atomic mass is 127. The van der Waals surface area contributed by atoms with Gasteiger partial charge in [0.15, 0.2) is 12.3 Å². The molecule has 5 rings (SSSR count). The number of aliphatic carboxylic acids is 2. The number of fused-ring (bicyclic) bond motifs is 2. The fourth-order valence-electron chi connectivity index (χ4n) is 7.12. The van der Waals surface area contributed by atoms with Gasteiger partial charge in [0.05, 0.1) is 24.5 Å². The second-order valence-electron chi connectivity index (χ2n) is 14.2. The van der Waals surface area contributed by atoms with Crippen LogP contribution >= 0.6 is 56.8 Å². The number of halogens is 3. The Morgan fingerprint density at radius 3 is 2.21 bits per heavy atom. The monoisotopic (exact) mass is 879 g/mol. The van der Waals surface area contributed by atoms with Gasteiger partial charge in [0, 0.05) is 84.1 Å². The molecule has 10 heteroatoms. The highest BCUT2D eigenvalue weighted by molar-refractivity contribution is 14.1. The third-order valence-electron chi connectivity index (χ3n) is 9.43. The van der Waals surface area contributed by atoms with Gasteiger partial charge in [-0.1, -0.05) is 31.5 Å². The Morgan fingerprint density at radius 1 is 0.915 bits per heavy atom. The number of carbonyl (C=O) groups is 2. The summed E-state index contributed by atoms with van der Waals surface area (Å²) in [6, 6.07) is 12.6. The first-order valence-corrected chi connectivity index (χ1v) is 18.2. The van der Waals surface area contributed by atoms with Crippen molar-refractivity contribution in [2.75, 3.05) is 45.2 Å². The van der Waals surface area contributed by atoms with Crippen LogP contribution in [0.5, 0.6) is 0 Å². The van der Waals surface area contributed by atoms with E-state index in [4.69, 9.17) is 11.6 Å². The Morgan fingerprint density at radius 2 is 1.55 bits per heavy atom. The fourth-order valence-corrected chi connectivity index (χ4v) is 8.35. The van der Waals surface area contributed by atoms with E-state index >= 15 is 0 Å². The number of quaternary nitrogens is 1. The van der Waals surface area contributed by atoms with Gasteiger partial charge in [-0.05, 0) is 107 Å². The average molecular weight is 880 g/mol. The smallest absolute Gasteiger partial charge is 0.209 e. The molecule has 0 unspecified atom stereocenters. The lowest BCUT2D eigenvalue weighted by molar-refractivity contribution is -0.881. The molecule has 0 N–H and O–H groups in total. The predicted octanol–water partition coefficient (Wildman–Crippen LogP) is 5.30. The van der Waals surface area contributed by atoms with Crippen LogP contribution < -0.4 is 15.1 Å². The summed E-state index contributed by atoms with van der Waals surface area (Å²) < 4.78 is 5.05. The molecule has 0 bridgehead atoms. The van der Waals surface area contributed by atoms with E-state index in [2.05, 4.69) is 145 Å². The number of carboxylic acids is 2. The number of nitrogens with zero attached hydrogens (tertiary/aromatic N) is 3. The Balaban J connectivity index is 1.56. The van der Waals surface area contributed by atoms with E-state index in [1.165, 1.54) is 0 Å². The van der Waals surface area contributed by atoms with E-state index in [1.807, 2.05) is 12.1 Å². The Labute approximate surface area is 309 Å². The number of anilines is 1. The first-order valence-electron chi connectivity index (χ1n) is 15.6. The zero-order valence-electron chi connectivity index (χ0n) is 27.6. The van der Waals surface area contributed by atoms with Crippen molar-refractivity contribution in [1.82, 2.24) is 0 Å². The molecular weight excluding hydrogens is 840 g/mol. The number of hydrogen-bond acceptors (Lipinski definition) is 5. The van der Waals surface area contributed by atoms with E-state index in [-0.39, 0.29) is 23.7 Å². The van der Waals surface area contributed by atoms with E-state index in [0.717, 1.165) is 65.3 Å². The summed E-state index contributed by atoms with van der Waals surface area (Å²) in [7, 11) is 4.36. The molecule has 0 aromatic heterocycles. The number of benzene rings is 2. The maximum absolute atomic E-state index is 11.5. The topological polar surface area (TPSA) is 86.5 Å². The molecule has 2 aromatic rings. The molecule has 0 fully saturated rings. The number of rotatable bonds is 9. The van der Waals surface area contributed by atoms with Gasteiger partial charge in [-0.15, -0.1) is 0 Å². The second-order valence-corrected chi connectivity index (χ2v) is 17.0. The van der Waals surface area contributed by atoms with Crippen molar-refractivity contribution in [3.05, 3.63) is 101 Å². The Hall–Kier alpha value is -2.48. The van der Waals surface area contributed by atoms with E-state index in [0.29, 0.717) is 22.6 Å². The van der Waals surface area contributed by atoms with Crippen LogP contribution in [-0.2, 0) is 20.4 Å². The summed E-state index contributed by atoms with van der Waals surface area (Å²) in [5.41, 5.74) is 7.69. The summed E-state index contributed by atoms with van der Waals surface area (Å²) in [5.74, 6) is -2.15. The molecule has 3 heterocycles. The average Bonchev–Trinajstić information content (AvgIpc) is 3.31. The minimum absolute atomic E-state index is 0.0763. The lowest BCUT2D eigenvalue weighted by Gasteiger charge is -2.35. The minimum atomic E-state index is -1.08. The highest BCUT2D eigenvalue weighted by Gasteiger charge is 2.45. The van der Waals surface area contributed by atoms with Gasteiger partial charge in [0.25, 0.3) is 0 Å². The number of allylic oxidation sites excluding steroid dienone is 4. The van der Waals surface area contributed by atoms with Crippen molar-refractivity contribution in [3.63, 3.8) is 0 Å². The van der Waals surface area contributed by atoms with E-state index in [1.54, 1.807) is 0 Å². The Kier molecular flexibility index (Phi) is 10.2. The number of likely N-dealkylation sites (N-methyl/N-ethyl adjacent to an activating group) is 1. The van der Waals surface area contributed by atoms with Crippen molar-refractivity contribution >= 4 is 85.8 Å². The summed E-state index contributed by atoms with van der Waals surface area (Å²) in [5, 5.41) is 23.6. The number of hydrogen-bond donors (Lipinski definition) is 0. The van der Waals surface area contributed by atoms with Gasteiger partial charge >= 0.3 is 0 Å². The molecule has 3 aliphatic heterocycles. The molecule has 0 spiro atoms. The summed E-state index contributed by atoms with van der Waals surface area (Å²) in [4.78, 5) is 25.0. The second kappa shape index (κ2) is 13.4. The SMILES string of the molecule is CC1(C)C(/C=C/C2=C(Cl)C(=C/C=C3/N(CCC(=O)[O-])c4ccc(I)cc4C3(C)C)/C[N+](C)(C)C2)=[N+](CCC(=O)[O-])c2ccc(I)cc21. The molecule has 2 aromatic carbocycles. The zero-order chi connectivity index (χ0) is 34.5. The molecule has 0 aliphatic carbocycles. The van der Waals surface area contributed by atoms with Gasteiger partial charge in [-0.2, -0.15) is 4.58 Å². The molecule has 0 radical (unpaired) electrons. The maximum atomic E-state index is 11.5. The molecule has 47 heavy (non-hydrogen) atoms. The van der Waals surface area contributed by atoms with E-state index < -0.39 is 11.9 Å². The van der Waals surface area contributed by atoms with Crippen LogP contribution in [0.15, 0.2) is 82.6 Å². The number of carbonyl (C=O) groups excluding carboxylic acids is 2. The molecule has 0 atom stereocenters. The van der Waals surface area contributed by atoms with Gasteiger partial charge in [0.1, 0.15) is 13.1 Å². The number of carboxylic acid groups (broad SMARTS) is 2. The van der Waals surface area contributed by atoms with Gasteiger partial charge in [-0.25, -0.2) is 0 Å². The van der Waals surface area contributed by atoms with Crippen LogP contribution in [0.25, 0.3) is 0 Å². The third-order valence-corrected chi connectivity index (χ3v) is 11.3. The Bertz CT molecular complexity index is 1820. The van der Waals surface area contributed by atoms with Crippen LogP contribution in [0.2, 0.25) is 0 Å². The third kappa shape index (κ3) is 7.28. The van der Waals surface area contributed by atoms with Crippen LogP contribution in [0.4, 0.5) is 11.4 Å². The molecule has 248 valence electrons. The van der Waals surface area contributed by atoms with Crippen molar-refractivity contribution in [2.45, 2.75) is 51.4 Å². The fraction of sp³-hybridized carbons (Fsp3) is 0.378. The molecular formula is C37H40ClI2N3O4. The normalized spacial score (nSPS) is 21.3. The van der Waals surface area contributed by atoms with Crippen LogP contribution in [0.1, 0.15) is 51.7 Å². The van der Waals surface area contributed by atoms with Crippen molar-refractivity contribution < 1.29 is 28.9 Å². The van der Waals surface area contributed by atoms with Gasteiger partial charge < -0.3 is 29.2 Å². The summed E-state index contributed by atoms with van der Waals surface area (Å²) in [6.07, 6.45) is 8.22. The van der Waals surface area contributed by atoms with Crippen LogP contribution in [0, 0.1) is 7.14 Å². The molecule has 0 saturated heterocycles. The largest absolute Gasteiger partial charge is 0.550 e. The van der Waals surface area contributed by atoms with Crippen molar-refractivity contribution in [3.8, 4) is 0 Å². The summed E-state index contributed by atoms with van der Waals surface area (Å²) in [6.45, 7) is 10.8. The maximum Gasteiger partial charge on any atom is 0.209 e. The zero-order valence-corrected chi connectivity index (χ0v) is 32.7.